The molecule has 0 spiro atoms. The molecule has 0 aliphatic heterocycles. The molecule has 0 amide bonds. The fourth-order valence-corrected chi connectivity index (χ4v) is 11.3. The van der Waals surface area contributed by atoms with Gasteiger partial charge in [-0.3, -0.25) is 0 Å². The molecule has 7 nitrogen and oxygen atoms in total. The van der Waals surface area contributed by atoms with Crippen LogP contribution in [0.5, 0.6) is 0 Å². The smallest absolute Gasteiger partial charge is 0.113 e. The molecule has 2 heterocycles. The molecule has 0 saturated carbocycles. The Hall–Kier alpha value is -10.1. The number of benzene rings is 11. The van der Waals surface area contributed by atoms with Gasteiger partial charge >= 0.3 is 0 Å². The van der Waals surface area contributed by atoms with Crippen molar-refractivity contribution in [2.75, 3.05) is 14.7 Å². The van der Waals surface area contributed by atoms with E-state index in [0.717, 1.165) is 118 Å². The fraction of sp³-hybridized carbons (Fsp3) is 0. The summed E-state index contributed by atoms with van der Waals surface area (Å²) >= 11 is 2.49. The molecule has 0 radical (unpaired) electrons. The lowest BCUT2D eigenvalue weighted by Gasteiger charge is -2.26. The Morgan fingerprint density at radius 3 is 0.772 bits per heavy atom. The Bertz CT molecular complexity index is 3870. The summed E-state index contributed by atoms with van der Waals surface area (Å²) < 4.78 is 19.2. The van der Waals surface area contributed by atoms with Gasteiger partial charge in [0.25, 0.3) is 0 Å². The average molecular weight is 1050 g/mol. The lowest BCUT2D eigenvalue weighted by atomic mass is 9.99. The van der Waals surface area contributed by atoms with Crippen LogP contribution in [0.25, 0.3) is 68.6 Å². The van der Waals surface area contributed by atoms with Crippen molar-refractivity contribution in [3.8, 4) is 22.3 Å². The first-order valence-electron chi connectivity index (χ1n) is 26.1. The Morgan fingerprint density at radius 1 is 0.228 bits per heavy atom. The van der Waals surface area contributed by atoms with E-state index in [4.69, 9.17) is 17.5 Å². The van der Waals surface area contributed by atoms with Crippen LogP contribution in [-0.4, -0.2) is 17.5 Å². The molecule has 0 bridgehead atoms. The molecule has 79 heavy (non-hydrogen) atoms. The third-order valence-electron chi connectivity index (χ3n) is 14.1. The van der Waals surface area contributed by atoms with Crippen molar-refractivity contribution >= 4 is 121 Å². The predicted octanol–water partition coefficient (Wildman–Crippen LogP) is 19.8. The first-order chi connectivity index (χ1) is 39.2. The largest absolute Gasteiger partial charge is 0.311 e. The molecule has 11 aromatic carbocycles. The van der Waals surface area contributed by atoms with Crippen LogP contribution in [0.2, 0.25) is 0 Å². The lowest BCUT2D eigenvalue weighted by molar-refractivity contribution is 1.28. The van der Waals surface area contributed by atoms with Crippen molar-refractivity contribution < 1.29 is 0 Å². The number of anilines is 9. The minimum Gasteiger partial charge on any atom is -0.311 e. The van der Waals surface area contributed by atoms with Crippen LogP contribution >= 0.6 is 23.5 Å². The molecule has 0 atom stereocenters. The van der Waals surface area contributed by atoms with E-state index in [-0.39, 0.29) is 0 Å². The molecule has 13 aromatic rings. The predicted molar refractivity (Wildman–Crippen MR) is 334 cm³/mol. The van der Waals surface area contributed by atoms with Crippen LogP contribution < -0.4 is 14.7 Å². The highest BCUT2D eigenvalue weighted by Crippen LogP contribution is 2.41. The first-order valence-corrected chi connectivity index (χ1v) is 27.6. The second kappa shape index (κ2) is 22.3. The maximum Gasteiger partial charge on any atom is 0.113 e. The first kappa shape index (κ1) is 48.6. The van der Waals surface area contributed by atoms with Crippen molar-refractivity contribution in [2.45, 2.75) is 0 Å². The Morgan fingerprint density at radius 2 is 0.481 bits per heavy atom. The highest BCUT2D eigenvalue weighted by Gasteiger charge is 2.18. The maximum absolute atomic E-state index is 4.82. The van der Waals surface area contributed by atoms with Crippen LogP contribution in [0, 0.1) is 0 Å². The summed E-state index contributed by atoms with van der Waals surface area (Å²) in [4.78, 5) is 6.83. The number of nitrogens with zero attached hydrogens (tertiary/aromatic N) is 7. The molecule has 0 unspecified atom stereocenters. The zero-order chi connectivity index (χ0) is 52.7. The highest BCUT2D eigenvalue weighted by molar-refractivity contribution is 7.00. The van der Waals surface area contributed by atoms with Gasteiger partial charge in [0.05, 0.1) is 23.5 Å². The Labute approximate surface area is 467 Å². The van der Waals surface area contributed by atoms with Crippen LogP contribution in [0.3, 0.4) is 0 Å². The molecular weight excluding hydrogens is 1000 g/mol. The molecular formula is C70H49N7S2. The van der Waals surface area contributed by atoms with Gasteiger partial charge in [-0.15, -0.1) is 0 Å². The zero-order valence-corrected chi connectivity index (χ0v) is 44.4. The van der Waals surface area contributed by atoms with Gasteiger partial charge in [0.2, 0.25) is 0 Å². The monoisotopic (exact) mass is 1050 g/mol. The van der Waals surface area contributed by atoms with Crippen molar-refractivity contribution in [1.82, 2.24) is 17.5 Å². The van der Waals surface area contributed by atoms with Crippen LogP contribution in [0.1, 0.15) is 22.3 Å². The maximum atomic E-state index is 4.82. The molecule has 376 valence electrons. The van der Waals surface area contributed by atoms with E-state index in [2.05, 4.69) is 288 Å². The molecule has 13 rings (SSSR count). The third kappa shape index (κ3) is 10.2. The fourth-order valence-electron chi connectivity index (χ4n) is 10.2. The van der Waals surface area contributed by atoms with Crippen molar-refractivity contribution in [1.29, 1.82) is 0 Å². The molecule has 0 aliphatic rings. The second-order valence-electron chi connectivity index (χ2n) is 19.0. The van der Waals surface area contributed by atoms with Crippen molar-refractivity contribution in [2.24, 2.45) is 0 Å². The summed E-state index contributed by atoms with van der Waals surface area (Å²) in [7, 11) is 0. The molecule has 0 saturated heterocycles. The van der Waals surface area contributed by atoms with E-state index in [9.17, 15) is 0 Å². The molecule has 2 aromatic heterocycles. The van der Waals surface area contributed by atoms with Gasteiger partial charge in [0.1, 0.15) is 22.1 Å². The lowest BCUT2D eigenvalue weighted by Crippen LogP contribution is -2.09. The Kier molecular flexibility index (Phi) is 13.7. The van der Waals surface area contributed by atoms with E-state index in [1.165, 1.54) is 23.5 Å². The summed E-state index contributed by atoms with van der Waals surface area (Å²) in [6.07, 6.45) is 8.56. The number of aromatic nitrogens is 4. The van der Waals surface area contributed by atoms with Gasteiger partial charge in [0.15, 0.2) is 0 Å². The summed E-state index contributed by atoms with van der Waals surface area (Å²) in [5.41, 5.74) is 21.8. The zero-order valence-electron chi connectivity index (χ0n) is 42.7. The summed E-state index contributed by atoms with van der Waals surface area (Å²) in [5.74, 6) is 0. The van der Waals surface area contributed by atoms with Gasteiger partial charge in [-0.25, -0.2) is 0 Å². The average Bonchev–Trinajstić information content (AvgIpc) is 4.25. The minimum atomic E-state index is 0.887. The van der Waals surface area contributed by atoms with Gasteiger partial charge in [-0.2, -0.15) is 17.5 Å². The standard InChI is InChI=1S/C70H49N7S2/c1-6-16-56(17-7-1)75(57-18-8-2-9-19-57)61-40-28-50(29-41-61)26-32-54-38-48-65(69-67(54)71-78-73-69)52-34-44-63(45-35-52)77(60-24-14-5-15-25-60)64-46-36-53(37-47-64)66-49-39-55(68-70(66)74-79-72-68)33-27-51-30-42-62(43-31-51)76(58-20-10-3-11-21-58)59-22-12-4-13-23-59/h1-49H/b32-26+,33-27+. The highest BCUT2D eigenvalue weighted by atomic mass is 32.1. The van der Waals surface area contributed by atoms with Crippen LogP contribution in [0.15, 0.2) is 273 Å². The van der Waals surface area contributed by atoms with Gasteiger partial charge in [0, 0.05) is 73.4 Å². The minimum absolute atomic E-state index is 0.887. The number of rotatable bonds is 15. The number of para-hydroxylation sites is 5. The quantitative estimate of drug-likeness (QED) is 0.0948. The molecule has 0 aliphatic carbocycles. The molecule has 9 heteroatoms. The third-order valence-corrected chi connectivity index (χ3v) is 15.1. The molecule has 0 N–H and O–H groups in total. The normalized spacial score (nSPS) is 11.4. The number of hydrogen-bond acceptors (Lipinski definition) is 9. The topological polar surface area (TPSA) is 61.3 Å². The van der Waals surface area contributed by atoms with E-state index in [1.54, 1.807) is 0 Å². The molecule has 0 fully saturated rings. The van der Waals surface area contributed by atoms with Gasteiger partial charge < -0.3 is 14.7 Å². The SMILES string of the molecule is C(=C\c1ccc(-c2ccc(N(c3ccccc3)c3ccc(-c4ccc(/C=C/c5ccc(N(c6ccccc6)c6ccccc6)cc5)c5nsnc45)cc3)cc2)c2nsnc12)/c1ccc(N(c2ccccc2)c2ccccc2)cc1. The van der Waals surface area contributed by atoms with E-state index >= 15 is 0 Å². The van der Waals surface area contributed by atoms with E-state index in [1.807, 2.05) is 24.3 Å². The van der Waals surface area contributed by atoms with Crippen molar-refractivity contribution in [3.05, 3.63) is 295 Å². The number of hydrogen-bond donors (Lipinski definition) is 0. The van der Waals surface area contributed by atoms with Crippen LogP contribution in [0.4, 0.5) is 51.2 Å². The van der Waals surface area contributed by atoms with Crippen molar-refractivity contribution in [3.63, 3.8) is 0 Å². The second-order valence-corrected chi connectivity index (χ2v) is 20.0. The summed E-state index contributed by atoms with van der Waals surface area (Å²) in [6.45, 7) is 0. The van der Waals surface area contributed by atoms with E-state index in [0.29, 0.717) is 0 Å². The van der Waals surface area contributed by atoms with E-state index < -0.39 is 0 Å². The number of fused-ring (bicyclic) bond motifs is 2. The summed E-state index contributed by atoms with van der Waals surface area (Å²) in [6, 6.07) is 95.8. The summed E-state index contributed by atoms with van der Waals surface area (Å²) in [5, 5.41) is 0. The van der Waals surface area contributed by atoms with Crippen LogP contribution in [-0.2, 0) is 0 Å². The van der Waals surface area contributed by atoms with Gasteiger partial charge in [-0.05, 0) is 131 Å². The van der Waals surface area contributed by atoms with Gasteiger partial charge in [-0.1, -0.05) is 188 Å². The Balaban J connectivity index is 0.725.